The highest BCUT2D eigenvalue weighted by Gasteiger charge is 2.09. The Kier molecular flexibility index (Phi) is 2.40. The van der Waals surface area contributed by atoms with E-state index in [0.29, 0.717) is 11.9 Å². The maximum Gasteiger partial charge on any atom is 0.152 e. The predicted molar refractivity (Wildman–Crippen MR) is 66.7 cm³/mol. The summed E-state index contributed by atoms with van der Waals surface area (Å²) in [6.07, 6.45) is 1.87. The standard InChI is InChI=1S/C13H13FN4/c1-9-15-16-13(17(9)2)8-18-7-6-10-11(14)4-3-5-12(10)18/h3-7H,8H2,1-2H3. The van der Waals surface area contributed by atoms with Gasteiger partial charge < -0.3 is 9.13 Å². The van der Waals surface area contributed by atoms with Gasteiger partial charge in [-0.3, -0.25) is 0 Å². The lowest BCUT2D eigenvalue weighted by molar-refractivity contribution is 0.639. The monoisotopic (exact) mass is 244 g/mol. The van der Waals surface area contributed by atoms with Crippen LogP contribution >= 0.6 is 0 Å². The number of nitrogens with zero attached hydrogens (tertiary/aromatic N) is 4. The average molecular weight is 244 g/mol. The van der Waals surface area contributed by atoms with E-state index in [2.05, 4.69) is 10.2 Å². The van der Waals surface area contributed by atoms with Crippen LogP contribution in [0.3, 0.4) is 0 Å². The van der Waals surface area contributed by atoms with Gasteiger partial charge in [0, 0.05) is 18.6 Å². The van der Waals surface area contributed by atoms with Crippen LogP contribution in [0.4, 0.5) is 4.39 Å². The molecule has 0 bridgehead atoms. The Morgan fingerprint density at radius 1 is 1.22 bits per heavy atom. The van der Waals surface area contributed by atoms with Crippen LogP contribution in [0.25, 0.3) is 10.9 Å². The van der Waals surface area contributed by atoms with Crippen LogP contribution < -0.4 is 0 Å². The van der Waals surface area contributed by atoms with Crippen molar-refractivity contribution in [2.45, 2.75) is 13.5 Å². The largest absolute Gasteiger partial charge is 0.340 e. The maximum atomic E-state index is 13.6. The molecule has 0 N–H and O–H groups in total. The Balaban J connectivity index is 2.06. The molecule has 0 aliphatic heterocycles. The van der Waals surface area contributed by atoms with Gasteiger partial charge in [0.05, 0.1) is 12.1 Å². The molecule has 0 amide bonds. The van der Waals surface area contributed by atoms with Gasteiger partial charge in [-0.15, -0.1) is 10.2 Å². The Hall–Kier alpha value is -2.17. The van der Waals surface area contributed by atoms with E-state index >= 15 is 0 Å². The normalized spacial score (nSPS) is 11.3. The van der Waals surface area contributed by atoms with Crippen molar-refractivity contribution >= 4 is 10.9 Å². The number of hydrogen-bond acceptors (Lipinski definition) is 2. The van der Waals surface area contributed by atoms with Crippen molar-refractivity contribution in [1.29, 1.82) is 0 Å². The first-order valence-electron chi connectivity index (χ1n) is 5.75. The van der Waals surface area contributed by atoms with Gasteiger partial charge in [-0.05, 0) is 25.1 Å². The van der Waals surface area contributed by atoms with Crippen molar-refractivity contribution in [2.75, 3.05) is 0 Å². The highest BCUT2D eigenvalue weighted by molar-refractivity contribution is 5.80. The molecule has 3 aromatic rings. The lowest BCUT2D eigenvalue weighted by Gasteiger charge is -2.05. The second-order valence-electron chi connectivity index (χ2n) is 4.34. The number of benzene rings is 1. The molecule has 0 unspecified atom stereocenters. The molecule has 0 atom stereocenters. The Labute approximate surface area is 104 Å². The van der Waals surface area contributed by atoms with Gasteiger partial charge in [0.2, 0.25) is 0 Å². The first-order chi connectivity index (χ1) is 8.66. The third-order valence-corrected chi connectivity index (χ3v) is 3.25. The van der Waals surface area contributed by atoms with Gasteiger partial charge in [0.15, 0.2) is 5.82 Å². The summed E-state index contributed by atoms with van der Waals surface area (Å²) in [4.78, 5) is 0. The van der Waals surface area contributed by atoms with Crippen LogP contribution in [0.2, 0.25) is 0 Å². The van der Waals surface area contributed by atoms with E-state index in [0.717, 1.165) is 17.2 Å². The molecule has 0 saturated carbocycles. The minimum Gasteiger partial charge on any atom is -0.340 e. The molecule has 2 aromatic heterocycles. The molecule has 0 radical (unpaired) electrons. The van der Waals surface area contributed by atoms with E-state index in [4.69, 9.17) is 0 Å². The first kappa shape index (κ1) is 11.0. The van der Waals surface area contributed by atoms with Gasteiger partial charge in [-0.25, -0.2) is 4.39 Å². The fourth-order valence-electron chi connectivity index (χ4n) is 2.06. The lowest BCUT2D eigenvalue weighted by atomic mass is 10.2. The highest BCUT2D eigenvalue weighted by Crippen LogP contribution is 2.19. The summed E-state index contributed by atoms with van der Waals surface area (Å²) in [6.45, 7) is 2.49. The number of fused-ring (bicyclic) bond motifs is 1. The van der Waals surface area contributed by atoms with E-state index in [1.165, 1.54) is 6.07 Å². The van der Waals surface area contributed by atoms with Crippen LogP contribution in [-0.4, -0.2) is 19.3 Å². The summed E-state index contributed by atoms with van der Waals surface area (Å²) in [5, 5.41) is 8.77. The van der Waals surface area contributed by atoms with Gasteiger partial charge in [0.25, 0.3) is 0 Å². The van der Waals surface area contributed by atoms with Crippen molar-refractivity contribution in [1.82, 2.24) is 19.3 Å². The van der Waals surface area contributed by atoms with E-state index < -0.39 is 0 Å². The molecule has 0 aliphatic carbocycles. The van der Waals surface area contributed by atoms with Crippen LogP contribution in [-0.2, 0) is 13.6 Å². The van der Waals surface area contributed by atoms with Crippen LogP contribution in [0.15, 0.2) is 30.5 Å². The second-order valence-corrected chi connectivity index (χ2v) is 4.34. The van der Waals surface area contributed by atoms with Crippen molar-refractivity contribution in [3.8, 4) is 0 Å². The average Bonchev–Trinajstić information content (AvgIpc) is 2.90. The molecule has 0 fully saturated rings. The van der Waals surface area contributed by atoms with Crippen molar-refractivity contribution in [3.63, 3.8) is 0 Å². The molecular formula is C13H13FN4. The summed E-state index contributed by atoms with van der Waals surface area (Å²) in [7, 11) is 1.93. The molecular weight excluding hydrogens is 231 g/mol. The Morgan fingerprint density at radius 3 is 2.78 bits per heavy atom. The summed E-state index contributed by atoms with van der Waals surface area (Å²) < 4.78 is 17.5. The quantitative estimate of drug-likeness (QED) is 0.693. The van der Waals surface area contributed by atoms with Gasteiger partial charge in [0.1, 0.15) is 11.6 Å². The molecule has 18 heavy (non-hydrogen) atoms. The number of rotatable bonds is 2. The molecule has 4 nitrogen and oxygen atoms in total. The molecule has 92 valence electrons. The van der Waals surface area contributed by atoms with E-state index in [1.54, 1.807) is 12.1 Å². The minimum absolute atomic E-state index is 0.194. The van der Waals surface area contributed by atoms with Crippen LogP contribution in [0.5, 0.6) is 0 Å². The van der Waals surface area contributed by atoms with Gasteiger partial charge >= 0.3 is 0 Å². The zero-order valence-corrected chi connectivity index (χ0v) is 10.3. The second kappa shape index (κ2) is 3.94. The van der Waals surface area contributed by atoms with Crippen molar-refractivity contribution in [2.24, 2.45) is 7.05 Å². The summed E-state index contributed by atoms with van der Waals surface area (Å²) in [5.74, 6) is 1.53. The Morgan fingerprint density at radius 2 is 2.06 bits per heavy atom. The van der Waals surface area contributed by atoms with Gasteiger partial charge in [-0.1, -0.05) is 6.07 Å². The topological polar surface area (TPSA) is 35.6 Å². The number of aromatic nitrogens is 4. The van der Waals surface area contributed by atoms with E-state index in [1.807, 2.05) is 35.4 Å². The zero-order chi connectivity index (χ0) is 12.7. The molecule has 1 aromatic carbocycles. The lowest BCUT2D eigenvalue weighted by Crippen LogP contribution is -2.05. The fourth-order valence-corrected chi connectivity index (χ4v) is 2.06. The predicted octanol–water partition coefficient (Wildman–Crippen LogP) is 2.27. The smallest absolute Gasteiger partial charge is 0.152 e. The summed E-state index contributed by atoms with van der Waals surface area (Å²) in [5.41, 5.74) is 0.871. The SMILES string of the molecule is Cc1nnc(Cn2ccc3c(F)cccc32)n1C. The summed E-state index contributed by atoms with van der Waals surface area (Å²) >= 11 is 0. The third-order valence-electron chi connectivity index (χ3n) is 3.25. The maximum absolute atomic E-state index is 13.6. The number of hydrogen-bond donors (Lipinski definition) is 0. The van der Waals surface area contributed by atoms with Crippen molar-refractivity contribution in [3.05, 3.63) is 47.9 Å². The molecule has 5 heteroatoms. The minimum atomic E-state index is -0.194. The molecule has 0 aliphatic rings. The molecule has 0 spiro atoms. The summed E-state index contributed by atoms with van der Waals surface area (Å²) in [6, 6.07) is 6.88. The van der Waals surface area contributed by atoms with Crippen LogP contribution in [0.1, 0.15) is 11.6 Å². The van der Waals surface area contributed by atoms with Crippen molar-refractivity contribution < 1.29 is 4.39 Å². The number of halogens is 1. The van der Waals surface area contributed by atoms with E-state index in [9.17, 15) is 4.39 Å². The fraction of sp³-hybridized carbons (Fsp3) is 0.231. The molecule has 3 rings (SSSR count). The third kappa shape index (κ3) is 1.59. The number of aryl methyl sites for hydroxylation is 1. The highest BCUT2D eigenvalue weighted by atomic mass is 19.1. The molecule has 2 heterocycles. The molecule has 0 saturated heterocycles. The Bertz CT molecular complexity index is 711. The van der Waals surface area contributed by atoms with Gasteiger partial charge in [-0.2, -0.15) is 0 Å². The zero-order valence-electron chi connectivity index (χ0n) is 10.3. The first-order valence-corrected chi connectivity index (χ1v) is 5.75. The van der Waals surface area contributed by atoms with Crippen LogP contribution in [0, 0.1) is 12.7 Å². The van der Waals surface area contributed by atoms with E-state index in [-0.39, 0.29) is 5.82 Å².